The summed E-state index contributed by atoms with van der Waals surface area (Å²) in [5.41, 5.74) is 0. The first kappa shape index (κ1) is 8.20. The zero-order valence-electron chi connectivity index (χ0n) is 6.94. The fraction of sp³-hybridized carbons (Fsp3) is 0.625. The molecule has 0 radical (unpaired) electrons. The topological polar surface area (TPSA) is 25.4 Å². The molecule has 13 heavy (non-hydrogen) atoms. The van der Waals surface area contributed by atoms with Crippen LogP contribution in [-0.4, -0.2) is 30.3 Å². The molecule has 2 atom stereocenters. The van der Waals surface area contributed by atoms with Gasteiger partial charge in [-0.2, -0.15) is 0 Å². The van der Waals surface area contributed by atoms with Gasteiger partial charge in [-0.3, -0.25) is 0 Å². The molecule has 1 aromatic rings. The summed E-state index contributed by atoms with van der Waals surface area (Å²) in [5, 5.41) is 3.16. The number of thiazole rings is 1. The van der Waals surface area contributed by atoms with Gasteiger partial charge in [0.25, 0.3) is 0 Å². The van der Waals surface area contributed by atoms with Crippen molar-refractivity contribution in [1.29, 1.82) is 0 Å². The van der Waals surface area contributed by atoms with Crippen molar-refractivity contribution < 1.29 is 4.74 Å². The van der Waals surface area contributed by atoms with Crippen LogP contribution in [0.25, 0.3) is 0 Å². The second-order valence-electron chi connectivity index (χ2n) is 3.45. The molecule has 2 saturated heterocycles. The minimum absolute atomic E-state index is 0.452. The van der Waals surface area contributed by atoms with Gasteiger partial charge in [-0.25, -0.2) is 4.98 Å². The zero-order valence-corrected chi connectivity index (χ0v) is 9.34. The number of anilines is 1. The third-order valence-electron chi connectivity index (χ3n) is 2.61. The zero-order chi connectivity index (χ0) is 8.84. The number of fused-ring (bicyclic) bond motifs is 2. The highest BCUT2D eigenvalue weighted by atomic mass is 79.9. The number of ether oxygens (including phenoxy) is 1. The summed E-state index contributed by atoms with van der Waals surface area (Å²) in [7, 11) is 0. The standard InChI is InChI=1S/C8H9BrN2OS/c9-7-4-13-8(10-7)11-2-6-1-5(11)3-12-6/h4-6H,1-3H2. The molecule has 70 valence electrons. The number of aromatic nitrogens is 1. The van der Waals surface area contributed by atoms with Crippen LogP contribution in [0.5, 0.6) is 0 Å². The van der Waals surface area contributed by atoms with Crippen molar-refractivity contribution in [3.8, 4) is 0 Å². The lowest BCUT2D eigenvalue weighted by molar-refractivity contribution is 0.0991. The Labute approximate surface area is 88.8 Å². The fourth-order valence-electron chi connectivity index (χ4n) is 2.01. The molecule has 0 N–H and O–H groups in total. The Morgan fingerprint density at radius 3 is 3.15 bits per heavy atom. The van der Waals surface area contributed by atoms with E-state index < -0.39 is 0 Å². The van der Waals surface area contributed by atoms with Gasteiger partial charge in [-0.15, -0.1) is 11.3 Å². The summed E-state index contributed by atoms with van der Waals surface area (Å²) in [5.74, 6) is 0. The second-order valence-corrected chi connectivity index (χ2v) is 5.10. The first-order valence-electron chi connectivity index (χ1n) is 4.32. The minimum atomic E-state index is 0.452. The number of rotatable bonds is 1. The van der Waals surface area contributed by atoms with E-state index in [0.29, 0.717) is 12.1 Å². The van der Waals surface area contributed by atoms with E-state index >= 15 is 0 Å². The second kappa shape index (κ2) is 2.93. The summed E-state index contributed by atoms with van der Waals surface area (Å²) < 4.78 is 6.47. The molecule has 2 bridgehead atoms. The van der Waals surface area contributed by atoms with Crippen molar-refractivity contribution in [2.45, 2.75) is 18.6 Å². The van der Waals surface area contributed by atoms with E-state index in [1.54, 1.807) is 11.3 Å². The molecular formula is C8H9BrN2OS. The molecule has 0 aliphatic carbocycles. The average molecular weight is 261 g/mol. The third kappa shape index (κ3) is 1.30. The number of hydrogen-bond acceptors (Lipinski definition) is 4. The number of hydrogen-bond donors (Lipinski definition) is 0. The molecular weight excluding hydrogens is 252 g/mol. The summed E-state index contributed by atoms with van der Waals surface area (Å²) in [6, 6.07) is 0.572. The first-order chi connectivity index (χ1) is 6.33. The fourth-order valence-corrected chi connectivity index (χ4v) is 3.34. The lowest BCUT2D eigenvalue weighted by Gasteiger charge is -2.25. The number of morpholine rings is 1. The molecule has 2 aliphatic heterocycles. The molecule has 0 spiro atoms. The van der Waals surface area contributed by atoms with Gasteiger partial charge in [0.2, 0.25) is 0 Å². The van der Waals surface area contributed by atoms with Crippen LogP contribution in [0.1, 0.15) is 6.42 Å². The molecule has 5 heteroatoms. The van der Waals surface area contributed by atoms with Crippen molar-refractivity contribution in [2.24, 2.45) is 0 Å². The maximum atomic E-state index is 5.53. The summed E-state index contributed by atoms with van der Waals surface area (Å²) in [4.78, 5) is 6.78. The predicted octanol–water partition coefficient (Wildman–Crippen LogP) is 1.88. The van der Waals surface area contributed by atoms with Gasteiger partial charge in [0, 0.05) is 11.9 Å². The SMILES string of the molecule is Brc1csc(N2CC3CC2CO3)n1. The van der Waals surface area contributed by atoms with E-state index in [1.165, 1.54) is 6.42 Å². The summed E-state index contributed by atoms with van der Waals surface area (Å²) in [6.45, 7) is 1.90. The molecule has 1 aromatic heterocycles. The molecule has 2 aliphatic rings. The van der Waals surface area contributed by atoms with E-state index in [1.807, 2.05) is 5.38 Å². The van der Waals surface area contributed by atoms with Crippen LogP contribution < -0.4 is 4.90 Å². The van der Waals surface area contributed by atoms with E-state index in [-0.39, 0.29) is 0 Å². The number of halogens is 1. The highest BCUT2D eigenvalue weighted by molar-refractivity contribution is 9.10. The maximum absolute atomic E-state index is 5.53. The molecule has 3 nitrogen and oxygen atoms in total. The smallest absolute Gasteiger partial charge is 0.186 e. The molecule has 3 heterocycles. The molecule has 2 unspecified atom stereocenters. The predicted molar refractivity (Wildman–Crippen MR) is 55.3 cm³/mol. The van der Waals surface area contributed by atoms with Crippen LogP contribution in [0.2, 0.25) is 0 Å². The molecule has 0 aromatic carbocycles. The normalized spacial score (nSPS) is 31.6. The van der Waals surface area contributed by atoms with Gasteiger partial charge in [0.15, 0.2) is 5.13 Å². The van der Waals surface area contributed by atoms with Crippen LogP contribution in [0.3, 0.4) is 0 Å². The lowest BCUT2D eigenvalue weighted by Crippen LogP contribution is -2.36. The van der Waals surface area contributed by atoms with Gasteiger partial charge in [-0.1, -0.05) is 0 Å². The van der Waals surface area contributed by atoms with Crippen LogP contribution >= 0.6 is 27.3 Å². The molecule has 0 saturated carbocycles. The van der Waals surface area contributed by atoms with Crippen molar-refractivity contribution in [3.63, 3.8) is 0 Å². The van der Waals surface area contributed by atoms with Crippen LogP contribution in [0, 0.1) is 0 Å². The van der Waals surface area contributed by atoms with Crippen LogP contribution in [-0.2, 0) is 4.74 Å². The summed E-state index contributed by atoms with van der Waals surface area (Å²) in [6.07, 6.45) is 1.63. The third-order valence-corrected chi connectivity index (χ3v) is 4.20. The first-order valence-corrected chi connectivity index (χ1v) is 5.99. The Balaban J connectivity index is 1.87. The molecule has 0 amide bonds. The van der Waals surface area contributed by atoms with Gasteiger partial charge < -0.3 is 9.64 Å². The van der Waals surface area contributed by atoms with Crippen LogP contribution in [0.15, 0.2) is 9.98 Å². The Morgan fingerprint density at radius 1 is 1.69 bits per heavy atom. The number of nitrogens with zero attached hydrogens (tertiary/aromatic N) is 2. The average Bonchev–Trinajstić information content (AvgIpc) is 2.77. The Morgan fingerprint density at radius 2 is 2.62 bits per heavy atom. The monoisotopic (exact) mass is 260 g/mol. The van der Waals surface area contributed by atoms with E-state index in [4.69, 9.17) is 4.74 Å². The van der Waals surface area contributed by atoms with Gasteiger partial charge in [-0.05, 0) is 22.4 Å². The quantitative estimate of drug-likeness (QED) is 0.771. The maximum Gasteiger partial charge on any atom is 0.186 e. The van der Waals surface area contributed by atoms with Crippen LogP contribution in [0.4, 0.5) is 5.13 Å². The van der Waals surface area contributed by atoms with Crippen molar-refractivity contribution in [1.82, 2.24) is 4.98 Å². The van der Waals surface area contributed by atoms with E-state index in [0.717, 1.165) is 22.9 Å². The minimum Gasteiger partial charge on any atom is -0.374 e. The lowest BCUT2D eigenvalue weighted by atomic mass is 10.2. The van der Waals surface area contributed by atoms with Crippen molar-refractivity contribution in [2.75, 3.05) is 18.1 Å². The van der Waals surface area contributed by atoms with Gasteiger partial charge in [0.1, 0.15) is 4.60 Å². The van der Waals surface area contributed by atoms with E-state index in [2.05, 4.69) is 25.8 Å². The largest absolute Gasteiger partial charge is 0.374 e. The Kier molecular flexibility index (Phi) is 1.85. The molecule has 3 rings (SSSR count). The van der Waals surface area contributed by atoms with Gasteiger partial charge >= 0.3 is 0 Å². The summed E-state index contributed by atoms with van der Waals surface area (Å²) >= 11 is 5.07. The Hall–Kier alpha value is -0.130. The Bertz CT molecular complexity index is 330. The molecule has 2 fully saturated rings. The van der Waals surface area contributed by atoms with Crippen molar-refractivity contribution in [3.05, 3.63) is 9.98 Å². The highest BCUT2D eigenvalue weighted by Crippen LogP contribution is 2.34. The van der Waals surface area contributed by atoms with Gasteiger partial charge in [0.05, 0.1) is 18.8 Å². The van der Waals surface area contributed by atoms with E-state index in [9.17, 15) is 0 Å². The highest BCUT2D eigenvalue weighted by Gasteiger charge is 2.40. The van der Waals surface area contributed by atoms with Crippen molar-refractivity contribution >= 4 is 32.4 Å².